The number of sulfonamides is 1. The van der Waals surface area contributed by atoms with Crippen molar-refractivity contribution in [3.05, 3.63) is 66.2 Å². The molecule has 2 N–H and O–H groups in total. The van der Waals surface area contributed by atoms with E-state index in [0.717, 1.165) is 12.1 Å². The summed E-state index contributed by atoms with van der Waals surface area (Å²) in [6, 6.07) is 12.9. The minimum atomic E-state index is -3.82. The van der Waals surface area contributed by atoms with Gasteiger partial charge in [-0.05, 0) is 58.7 Å². The molecule has 5 nitrogen and oxygen atoms in total. The lowest BCUT2D eigenvalue weighted by Gasteiger charge is -2.13. The second kappa shape index (κ2) is 6.33. The summed E-state index contributed by atoms with van der Waals surface area (Å²) >= 11 is 0. The Kier molecular flexibility index (Phi) is 4.09. The molecule has 0 aromatic heterocycles. The summed E-state index contributed by atoms with van der Waals surface area (Å²) < 4.78 is 60.8. The van der Waals surface area contributed by atoms with Gasteiger partial charge in [0, 0.05) is 0 Å². The van der Waals surface area contributed by atoms with Crippen molar-refractivity contribution in [3.8, 4) is 33.8 Å². The van der Waals surface area contributed by atoms with Crippen molar-refractivity contribution in [2.45, 2.75) is 4.90 Å². The van der Waals surface area contributed by atoms with Crippen molar-refractivity contribution in [2.24, 2.45) is 5.14 Å². The number of ether oxygens (including phenoxy) is 2. The Bertz CT molecular complexity index is 1150. The van der Waals surface area contributed by atoms with Crippen LogP contribution in [0.3, 0.4) is 0 Å². The van der Waals surface area contributed by atoms with E-state index in [1.165, 1.54) is 18.2 Å². The highest BCUT2D eigenvalue weighted by Crippen LogP contribution is 2.43. The minimum absolute atomic E-state index is 0.0265. The van der Waals surface area contributed by atoms with Crippen molar-refractivity contribution >= 4 is 10.0 Å². The molecule has 0 unspecified atom stereocenters. The number of hydrogen-bond acceptors (Lipinski definition) is 4. The maximum atomic E-state index is 13.7. The monoisotopic (exact) mass is 389 g/mol. The van der Waals surface area contributed by atoms with Gasteiger partial charge in [-0.2, -0.15) is 0 Å². The van der Waals surface area contributed by atoms with Crippen LogP contribution >= 0.6 is 0 Å². The summed E-state index contributed by atoms with van der Waals surface area (Å²) in [5.74, 6) is -0.925. The quantitative estimate of drug-likeness (QED) is 0.741. The Hall–Kier alpha value is -2.97. The fourth-order valence-electron chi connectivity index (χ4n) is 2.91. The second-order valence-corrected chi connectivity index (χ2v) is 7.51. The van der Waals surface area contributed by atoms with E-state index in [0.29, 0.717) is 33.8 Å². The Morgan fingerprint density at radius 3 is 1.89 bits per heavy atom. The molecule has 1 heterocycles. The average molecular weight is 389 g/mol. The number of primary sulfonamides is 1. The number of nitrogens with two attached hydrogens (primary N) is 1. The molecule has 3 aromatic carbocycles. The first kappa shape index (κ1) is 17.4. The summed E-state index contributed by atoms with van der Waals surface area (Å²) in [6.07, 6.45) is 0. The maximum absolute atomic E-state index is 13.7. The van der Waals surface area contributed by atoms with Crippen molar-refractivity contribution in [1.29, 1.82) is 0 Å². The Morgan fingerprint density at radius 1 is 0.778 bits per heavy atom. The van der Waals surface area contributed by atoms with Crippen LogP contribution < -0.4 is 14.6 Å². The van der Waals surface area contributed by atoms with Crippen LogP contribution in [0.5, 0.6) is 11.5 Å². The number of hydrogen-bond donors (Lipinski definition) is 1. The average Bonchev–Trinajstić information content (AvgIpc) is 3.10. The molecule has 0 saturated heterocycles. The smallest absolute Gasteiger partial charge is 0.238 e. The van der Waals surface area contributed by atoms with Gasteiger partial charge in [0.15, 0.2) is 23.1 Å². The van der Waals surface area contributed by atoms with Gasteiger partial charge in [-0.3, -0.25) is 0 Å². The zero-order chi connectivity index (χ0) is 19.2. The molecule has 0 radical (unpaired) electrons. The number of benzene rings is 3. The van der Waals surface area contributed by atoms with E-state index in [9.17, 15) is 17.2 Å². The SMILES string of the molecule is NS(=O)(=O)c1ccc(-c2cc3c(cc2-c2ccc(F)c(F)c2)OCO3)cc1. The molecule has 1 aliphatic rings. The second-order valence-electron chi connectivity index (χ2n) is 5.95. The van der Waals surface area contributed by atoms with Gasteiger partial charge in [-0.25, -0.2) is 22.3 Å². The van der Waals surface area contributed by atoms with Crippen LogP contribution in [0, 0.1) is 11.6 Å². The summed E-state index contributed by atoms with van der Waals surface area (Å²) in [5, 5.41) is 5.13. The first-order valence-corrected chi connectivity index (χ1v) is 9.40. The van der Waals surface area contributed by atoms with Crippen LogP contribution in [0.4, 0.5) is 8.78 Å². The maximum Gasteiger partial charge on any atom is 0.238 e. The molecule has 1 aliphatic heterocycles. The molecule has 0 amide bonds. The van der Waals surface area contributed by atoms with Gasteiger partial charge in [0.05, 0.1) is 4.90 Å². The van der Waals surface area contributed by atoms with E-state index in [1.54, 1.807) is 24.3 Å². The van der Waals surface area contributed by atoms with E-state index >= 15 is 0 Å². The van der Waals surface area contributed by atoms with Crippen molar-refractivity contribution < 1.29 is 26.7 Å². The molecule has 138 valence electrons. The molecular formula is C19H13F2NO4S. The van der Waals surface area contributed by atoms with Crippen LogP contribution in [0.2, 0.25) is 0 Å². The third kappa shape index (κ3) is 3.24. The van der Waals surface area contributed by atoms with E-state index < -0.39 is 21.7 Å². The van der Waals surface area contributed by atoms with Gasteiger partial charge >= 0.3 is 0 Å². The molecule has 0 atom stereocenters. The van der Waals surface area contributed by atoms with Crippen LogP contribution in [0.25, 0.3) is 22.3 Å². The molecule has 0 bridgehead atoms. The minimum Gasteiger partial charge on any atom is -0.454 e. The van der Waals surface area contributed by atoms with Gasteiger partial charge in [0.25, 0.3) is 0 Å². The first-order valence-electron chi connectivity index (χ1n) is 7.85. The van der Waals surface area contributed by atoms with Crippen LogP contribution in [-0.4, -0.2) is 15.2 Å². The summed E-state index contributed by atoms with van der Waals surface area (Å²) in [6.45, 7) is 0.0559. The van der Waals surface area contributed by atoms with Crippen LogP contribution in [0.15, 0.2) is 59.5 Å². The normalized spacial score (nSPS) is 13.0. The Labute approximate surface area is 154 Å². The standard InChI is InChI=1S/C19H13F2NO4S/c20-16-6-3-12(7-17(16)21)15-9-19-18(25-10-26-19)8-14(15)11-1-4-13(5-2-11)27(22,23)24/h1-9H,10H2,(H2,22,23,24). The highest BCUT2D eigenvalue weighted by Gasteiger charge is 2.20. The predicted molar refractivity (Wildman–Crippen MR) is 94.7 cm³/mol. The van der Waals surface area contributed by atoms with Crippen molar-refractivity contribution in [3.63, 3.8) is 0 Å². The molecule has 4 rings (SSSR count). The predicted octanol–water partition coefficient (Wildman–Crippen LogP) is 3.67. The molecular weight excluding hydrogens is 376 g/mol. The van der Waals surface area contributed by atoms with Gasteiger partial charge in [-0.15, -0.1) is 0 Å². The van der Waals surface area contributed by atoms with Crippen LogP contribution in [-0.2, 0) is 10.0 Å². The largest absolute Gasteiger partial charge is 0.454 e. The molecule has 0 saturated carbocycles. The molecule has 3 aromatic rings. The van der Waals surface area contributed by atoms with Crippen molar-refractivity contribution in [2.75, 3.05) is 6.79 Å². The third-order valence-corrected chi connectivity index (χ3v) is 5.17. The number of rotatable bonds is 3. The summed E-state index contributed by atoms with van der Waals surface area (Å²) in [7, 11) is -3.82. The fraction of sp³-hybridized carbons (Fsp3) is 0.0526. The highest BCUT2D eigenvalue weighted by molar-refractivity contribution is 7.89. The zero-order valence-electron chi connectivity index (χ0n) is 13.8. The molecule has 0 aliphatic carbocycles. The number of halogens is 2. The Balaban J connectivity index is 1.90. The first-order chi connectivity index (χ1) is 12.8. The van der Waals surface area contributed by atoms with E-state index in [-0.39, 0.29) is 11.7 Å². The zero-order valence-corrected chi connectivity index (χ0v) is 14.6. The molecule has 8 heteroatoms. The lowest BCUT2D eigenvalue weighted by atomic mass is 9.94. The van der Waals surface area contributed by atoms with Gasteiger partial charge in [-0.1, -0.05) is 18.2 Å². The van der Waals surface area contributed by atoms with E-state index in [2.05, 4.69) is 0 Å². The van der Waals surface area contributed by atoms with E-state index in [1.807, 2.05) is 0 Å². The van der Waals surface area contributed by atoms with Crippen LogP contribution in [0.1, 0.15) is 0 Å². The van der Waals surface area contributed by atoms with Gasteiger partial charge < -0.3 is 9.47 Å². The van der Waals surface area contributed by atoms with Gasteiger partial charge in [0.1, 0.15) is 0 Å². The highest BCUT2D eigenvalue weighted by atomic mass is 32.2. The summed E-state index contributed by atoms with van der Waals surface area (Å²) in [5.41, 5.74) is 2.32. The lowest BCUT2D eigenvalue weighted by molar-refractivity contribution is 0.174. The van der Waals surface area contributed by atoms with E-state index in [4.69, 9.17) is 14.6 Å². The topological polar surface area (TPSA) is 78.6 Å². The third-order valence-electron chi connectivity index (χ3n) is 4.24. The molecule has 0 spiro atoms. The lowest BCUT2D eigenvalue weighted by Crippen LogP contribution is -2.11. The van der Waals surface area contributed by atoms with Gasteiger partial charge in [0.2, 0.25) is 16.8 Å². The van der Waals surface area contributed by atoms with Crippen molar-refractivity contribution in [1.82, 2.24) is 0 Å². The number of fused-ring (bicyclic) bond motifs is 1. The fourth-order valence-corrected chi connectivity index (χ4v) is 3.42. The molecule has 0 fully saturated rings. The summed E-state index contributed by atoms with van der Waals surface area (Å²) in [4.78, 5) is -0.0265. The molecule has 27 heavy (non-hydrogen) atoms. The Morgan fingerprint density at radius 2 is 1.33 bits per heavy atom.